The summed E-state index contributed by atoms with van der Waals surface area (Å²) in [7, 11) is 0. The summed E-state index contributed by atoms with van der Waals surface area (Å²) >= 11 is 0. The van der Waals surface area contributed by atoms with Gasteiger partial charge >= 0.3 is 0 Å². The average Bonchev–Trinajstić information content (AvgIpc) is 2.45. The smallest absolute Gasteiger partial charge is 0.169 e. The quantitative estimate of drug-likeness (QED) is 0.834. The first-order valence-electron chi connectivity index (χ1n) is 6.14. The van der Waals surface area contributed by atoms with E-state index in [9.17, 15) is 0 Å². The van der Waals surface area contributed by atoms with Gasteiger partial charge in [0, 0.05) is 12.2 Å². The maximum absolute atomic E-state index is 9.11. The Labute approximate surface area is 112 Å². The van der Waals surface area contributed by atoms with Gasteiger partial charge in [0.25, 0.3) is 0 Å². The molecule has 0 aliphatic carbocycles. The summed E-state index contributed by atoms with van der Waals surface area (Å²) < 4.78 is 0. The van der Waals surface area contributed by atoms with Crippen LogP contribution >= 0.6 is 0 Å². The Bertz CT molecular complexity index is 603. The molecule has 0 aromatic carbocycles. The molecule has 0 saturated carbocycles. The molecule has 0 N–H and O–H groups in total. The van der Waals surface area contributed by atoms with Gasteiger partial charge < -0.3 is 4.90 Å². The predicted molar refractivity (Wildman–Crippen MR) is 72.4 cm³/mol. The van der Waals surface area contributed by atoms with Crippen molar-refractivity contribution >= 4 is 5.82 Å². The molecule has 19 heavy (non-hydrogen) atoms. The average molecular weight is 253 g/mol. The Balaban J connectivity index is 2.28. The first kappa shape index (κ1) is 13.0. The summed E-state index contributed by atoms with van der Waals surface area (Å²) in [5.41, 5.74) is 2.47. The van der Waals surface area contributed by atoms with Gasteiger partial charge in [0.1, 0.15) is 6.07 Å². The zero-order valence-electron chi connectivity index (χ0n) is 11.0. The number of anilines is 1. The van der Waals surface area contributed by atoms with E-state index >= 15 is 0 Å². The van der Waals surface area contributed by atoms with E-state index in [2.05, 4.69) is 21.3 Å². The van der Waals surface area contributed by atoms with Crippen LogP contribution in [-0.2, 0) is 6.54 Å². The summed E-state index contributed by atoms with van der Waals surface area (Å²) in [5.74, 6) is 0.607. The molecule has 5 heteroatoms. The lowest BCUT2D eigenvalue weighted by Crippen LogP contribution is -2.25. The second-order valence-corrected chi connectivity index (χ2v) is 4.16. The highest BCUT2D eigenvalue weighted by Gasteiger charge is 2.12. The van der Waals surface area contributed by atoms with Crippen molar-refractivity contribution in [3.8, 4) is 6.07 Å². The summed E-state index contributed by atoms with van der Waals surface area (Å²) in [6.07, 6.45) is 1.53. The highest BCUT2D eigenvalue weighted by Crippen LogP contribution is 2.17. The van der Waals surface area contributed by atoms with Gasteiger partial charge in [-0.2, -0.15) is 10.4 Å². The van der Waals surface area contributed by atoms with Gasteiger partial charge in [-0.15, -0.1) is 5.10 Å². The minimum atomic E-state index is 0.532. The highest BCUT2D eigenvalue weighted by molar-refractivity contribution is 5.52. The minimum Gasteiger partial charge on any atom is -0.348 e. The molecule has 2 aromatic heterocycles. The Kier molecular flexibility index (Phi) is 4.04. The van der Waals surface area contributed by atoms with E-state index in [-0.39, 0.29) is 0 Å². The monoisotopic (exact) mass is 253 g/mol. The maximum Gasteiger partial charge on any atom is 0.169 e. The van der Waals surface area contributed by atoms with Crippen LogP contribution in [-0.4, -0.2) is 21.7 Å². The molecular formula is C14H15N5. The maximum atomic E-state index is 9.11. The number of hydrogen-bond donors (Lipinski definition) is 0. The first-order valence-corrected chi connectivity index (χ1v) is 6.14. The number of aromatic nitrogens is 3. The van der Waals surface area contributed by atoms with Crippen molar-refractivity contribution in [1.29, 1.82) is 5.26 Å². The molecule has 0 spiro atoms. The van der Waals surface area contributed by atoms with Crippen LogP contribution in [0, 0.1) is 18.3 Å². The third-order valence-electron chi connectivity index (χ3n) is 2.80. The van der Waals surface area contributed by atoms with Gasteiger partial charge in [-0.25, -0.2) is 0 Å². The molecule has 2 heterocycles. The Morgan fingerprint density at radius 2 is 2.16 bits per heavy atom. The van der Waals surface area contributed by atoms with Gasteiger partial charge in [-0.05, 0) is 32.0 Å². The van der Waals surface area contributed by atoms with Crippen LogP contribution in [0.25, 0.3) is 0 Å². The fraction of sp³-hybridized carbons (Fsp3) is 0.286. The second kappa shape index (κ2) is 5.91. The first-order chi connectivity index (χ1) is 9.24. The number of aryl methyl sites for hydroxylation is 1. The minimum absolute atomic E-state index is 0.532. The Morgan fingerprint density at radius 1 is 1.32 bits per heavy atom. The van der Waals surface area contributed by atoms with Crippen molar-refractivity contribution in [3.63, 3.8) is 0 Å². The zero-order chi connectivity index (χ0) is 13.7. The van der Waals surface area contributed by atoms with Crippen molar-refractivity contribution in [2.75, 3.05) is 11.4 Å². The van der Waals surface area contributed by atoms with Crippen LogP contribution in [0.2, 0.25) is 0 Å². The topological polar surface area (TPSA) is 65.7 Å². The third kappa shape index (κ3) is 3.05. The molecule has 0 unspecified atom stereocenters. The van der Waals surface area contributed by atoms with E-state index in [0.29, 0.717) is 17.9 Å². The lowest BCUT2D eigenvalue weighted by atomic mass is 10.2. The lowest BCUT2D eigenvalue weighted by Gasteiger charge is -2.21. The van der Waals surface area contributed by atoms with E-state index < -0.39 is 0 Å². The SMILES string of the molecule is CCN(Cc1cccc(C)n1)c1nnccc1C#N. The van der Waals surface area contributed by atoms with Crippen molar-refractivity contribution in [3.05, 3.63) is 47.4 Å². The van der Waals surface area contributed by atoms with Gasteiger partial charge in [0.15, 0.2) is 5.82 Å². The van der Waals surface area contributed by atoms with Crippen molar-refractivity contribution in [2.45, 2.75) is 20.4 Å². The molecule has 0 fully saturated rings. The molecule has 96 valence electrons. The molecule has 0 radical (unpaired) electrons. The van der Waals surface area contributed by atoms with Crippen LogP contribution in [0.5, 0.6) is 0 Å². The van der Waals surface area contributed by atoms with Crippen molar-refractivity contribution < 1.29 is 0 Å². The molecular weight excluding hydrogens is 238 g/mol. The fourth-order valence-corrected chi connectivity index (χ4v) is 1.86. The molecule has 0 saturated heterocycles. The molecule has 0 amide bonds. The number of pyridine rings is 1. The van der Waals surface area contributed by atoms with Gasteiger partial charge in [-0.3, -0.25) is 4.98 Å². The lowest BCUT2D eigenvalue weighted by molar-refractivity contribution is 0.774. The van der Waals surface area contributed by atoms with Crippen molar-refractivity contribution in [1.82, 2.24) is 15.2 Å². The number of rotatable bonds is 4. The van der Waals surface area contributed by atoms with Gasteiger partial charge in [0.2, 0.25) is 0 Å². The summed E-state index contributed by atoms with van der Waals surface area (Å²) in [5, 5.41) is 17.0. The summed E-state index contributed by atoms with van der Waals surface area (Å²) in [6.45, 7) is 5.34. The largest absolute Gasteiger partial charge is 0.348 e. The Hall–Kier alpha value is -2.48. The number of nitriles is 1. The molecule has 2 rings (SSSR count). The van der Waals surface area contributed by atoms with E-state index in [1.807, 2.05) is 36.9 Å². The predicted octanol–water partition coefficient (Wildman–Crippen LogP) is 2.08. The summed E-state index contributed by atoms with van der Waals surface area (Å²) in [6, 6.07) is 9.73. The number of hydrogen-bond acceptors (Lipinski definition) is 5. The molecule has 0 aliphatic rings. The molecule has 2 aromatic rings. The fourth-order valence-electron chi connectivity index (χ4n) is 1.86. The second-order valence-electron chi connectivity index (χ2n) is 4.16. The van der Waals surface area contributed by atoms with E-state index in [1.54, 1.807) is 6.07 Å². The van der Waals surface area contributed by atoms with Gasteiger partial charge in [0.05, 0.1) is 24.0 Å². The van der Waals surface area contributed by atoms with Crippen LogP contribution in [0.15, 0.2) is 30.5 Å². The number of nitrogens with zero attached hydrogens (tertiary/aromatic N) is 5. The van der Waals surface area contributed by atoms with Crippen LogP contribution in [0.1, 0.15) is 23.9 Å². The Morgan fingerprint density at radius 3 is 2.84 bits per heavy atom. The molecule has 0 aliphatic heterocycles. The van der Waals surface area contributed by atoms with Crippen molar-refractivity contribution in [2.24, 2.45) is 0 Å². The van der Waals surface area contributed by atoms with Crippen LogP contribution in [0.4, 0.5) is 5.82 Å². The van der Waals surface area contributed by atoms with E-state index in [1.165, 1.54) is 6.20 Å². The van der Waals surface area contributed by atoms with Crippen LogP contribution in [0.3, 0.4) is 0 Å². The standard InChI is InChI=1S/C14H15N5/c1-3-19(10-13-6-4-5-11(2)17-13)14-12(9-15)7-8-16-18-14/h4-8H,3,10H2,1-2H3. The zero-order valence-corrected chi connectivity index (χ0v) is 11.0. The summed E-state index contributed by atoms with van der Waals surface area (Å²) in [4.78, 5) is 6.46. The van der Waals surface area contributed by atoms with Gasteiger partial charge in [-0.1, -0.05) is 6.07 Å². The molecule has 0 bridgehead atoms. The van der Waals surface area contributed by atoms with E-state index in [0.717, 1.165) is 17.9 Å². The van der Waals surface area contributed by atoms with Crippen LogP contribution < -0.4 is 4.90 Å². The normalized spacial score (nSPS) is 9.95. The molecule has 0 atom stereocenters. The highest BCUT2D eigenvalue weighted by atomic mass is 15.3. The molecule has 5 nitrogen and oxygen atoms in total. The third-order valence-corrected chi connectivity index (χ3v) is 2.80. The van der Waals surface area contributed by atoms with E-state index in [4.69, 9.17) is 5.26 Å².